The summed E-state index contributed by atoms with van der Waals surface area (Å²) in [5, 5.41) is 9.78. The van der Waals surface area contributed by atoms with Crippen molar-refractivity contribution in [3.05, 3.63) is 29.6 Å². The van der Waals surface area contributed by atoms with E-state index in [1.165, 1.54) is 18.2 Å². The number of halogens is 1. The number of aromatic hydroxyl groups is 1. The first-order valence-electron chi connectivity index (χ1n) is 7.20. The highest BCUT2D eigenvalue weighted by atomic mass is 19.1. The number of carbonyl (C=O) groups excluding carboxylic acids is 1. The summed E-state index contributed by atoms with van der Waals surface area (Å²) in [6, 6.07) is 4.00. The lowest BCUT2D eigenvalue weighted by molar-refractivity contribution is 0.0632. The van der Waals surface area contributed by atoms with Crippen LogP contribution in [0.25, 0.3) is 0 Å². The minimum atomic E-state index is -0.672. The summed E-state index contributed by atoms with van der Waals surface area (Å²) in [6.07, 6.45) is 1.62. The molecule has 3 nitrogen and oxygen atoms in total. The van der Waals surface area contributed by atoms with E-state index in [4.69, 9.17) is 0 Å². The van der Waals surface area contributed by atoms with Gasteiger partial charge in [-0.2, -0.15) is 0 Å². The molecule has 0 atom stereocenters. The molecule has 0 aromatic heterocycles. The fraction of sp³-hybridized carbons (Fsp3) is 0.562. The lowest BCUT2D eigenvalue weighted by Crippen LogP contribution is -2.42. The molecular formula is C16H24FNO2. The summed E-state index contributed by atoms with van der Waals surface area (Å²) in [6.45, 7) is 8.61. The van der Waals surface area contributed by atoms with Crippen molar-refractivity contribution >= 4 is 5.91 Å². The van der Waals surface area contributed by atoms with E-state index >= 15 is 0 Å². The predicted molar refractivity (Wildman–Crippen MR) is 78.3 cm³/mol. The molecule has 0 aliphatic carbocycles. The number of rotatable bonds is 6. The van der Waals surface area contributed by atoms with E-state index in [0.717, 1.165) is 12.8 Å². The van der Waals surface area contributed by atoms with Crippen molar-refractivity contribution in [3.63, 3.8) is 0 Å². The van der Waals surface area contributed by atoms with E-state index < -0.39 is 11.7 Å². The minimum absolute atomic E-state index is 0.0592. The molecule has 0 fully saturated rings. The van der Waals surface area contributed by atoms with Gasteiger partial charge in [0.25, 0.3) is 5.91 Å². The topological polar surface area (TPSA) is 40.5 Å². The largest absolute Gasteiger partial charge is 0.507 e. The van der Waals surface area contributed by atoms with Crippen molar-refractivity contribution in [3.8, 4) is 5.75 Å². The quantitative estimate of drug-likeness (QED) is 0.861. The average molecular weight is 281 g/mol. The van der Waals surface area contributed by atoms with Crippen LogP contribution in [-0.4, -0.2) is 28.5 Å². The van der Waals surface area contributed by atoms with E-state index in [1.54, 1.807) is 4.90 Å². The molecule has 0 saturated carbocycles. The van der Waals surface area contributed by atoms with Crippen LogP contribution in [0, 0.1) is 11.7 Å². The highest BCUT2D eigenvalue weighted by Gasteiger charge is 2.27. The molecule has 112 valence electrons. The Morgan fingerprint density at radius 1 is 1.30 bits per heavy atom. The second-order valence-electron chi connectivity index (χ2n) is 5.46. The smallest absolute Gasteiger partial charge is 0.260 e. The number of phenolic OH excluding ortho intramolecular Hbond substituents is 1. The summed E-state index contributed by atoms with van der Waals surface area (Å²) < 4.78 is 13.9. The van der Waals surface area contributed by atoms with Crippen molar-refractivity contribution in [2.75, 3.05) is 6.54 Å². The molecule has 1 N–H and O–H groups in total. The Kier molecular flexibility index (Phi) is 5.99. The van der Waals surface area contributed by atoms with Crippen LogP contribution in [0.1, 0.15) is 50.9 Å². The van der Waals surface area contributed by atoms with Crippen molar-refractivity contribution < 1.29 is 14.3 Å². The Bertz CT molecular complexity index is 436. The van der Waals surface area contributed by atoms with E-state index in [9.17, 15) is 14.3 Å². The van der Waals surface area contributed by atoms with Crippen LogP contribution in [0.2, 0.25) is 0 Å². The lowest BCUT2D eigenvalue weighted by Gasteiger charge is -2.32. The molecule has 0 radical (unpaired) electrons. The van der Waals surface area contributed by atoms with E-state index in [2.05, 4.69) is 0 Å². The number of carbonyl (C=O) groups is 1. The van der Waals surface area contributed by atoms with Gasteiger partial charge in [-0.1, -0.05) is 33.8 Å². The van der Waals surface area contributed by atoms with Crippen LogP contribution in [0.3, 0.4) is 0 Å². The van der Waals surface area contributed by atoms with Crippen LogP contribution in [0.15, 0.2) is 18.2 Å². The molecule has 1 rings (SSSR count). The zero-order valence-corrected chi connectivity index (χ0v) is 12.7. The SMILES string of the molecule is CCC(CC)N(CC(C)C)C(=O)c1c(O)cccc1F. The Balaban J connectivity index is 3.16. The summed E-state index contributed by atoms with van der Waals surface area (Å²) >= 11 is 0. The van der Waals surface area contributed by atoms with Gasteiger partial charge >= 0.3 is 0 Å². The Morgan fingerprint density at radius 3 is 2.35 bits per heavy atom. The van der Waals surface area contributed by atoms with Gasteiger partial charge in [0.15, 0.2) is 0 Å². The fourth-order valence-electron chi connectivity index (χ4n) is 2.39. The average Bonchev–Trinajstić information content (AvgIpc) is 2.38. The van der Waals surface area contributed by atoms with Crippen LogP contribution in [0.5, 0.6) is 5.75 Å². The maximum absolute atomic E-state index is 13.9. The number of phenols is 1. The number of nitrogens with zero attached hydrogens (tertiary/aromatic N) is 1. The zero-order chi connectivity index (χ0) is 15.3. The lowest BCUT2D eigenvalue weighted by atomic mass is 10.0. The van der Waals surface area contributed by atoms with Gasteiger partial charge in [-0.05, 0) is 30.9 Å². The molecular weight excluding hydrogens is 257 g/mol. The second kappa shape index (κ2) is 7.27. The summed E-state index contributed by atoms with van der Waals surface area (Å²) in [5.74, 6) is -1.11. The maximum Gasteiger partial charge on any atom is 0.260 e. The first kappa shape index (κ1) is 16.5. The van der Waals surface area contributed by atoms with Crippen LogP contribution in [-0.2, 0) is 0 Å². The van der Waals surface area contributed by atoms with Crippen molar-refractivity contribution in [1.29, 1.82) is 0 Å². The molecule has 1 amide bonds. The minimum Gasteiger partial charge on any atom is -0.507 e. The highest BCUT2D eigenvalue weighted by Crippen LogP contribution is 2.24. The number of hydrogen-bond acceptors (Lipinski definition) is 2. The molecule has 1 aromatic carbocycles. The highest BCUT2D eigenvalue weighted by molar-refractivity contribution is 5.97. The first-order chi connectivity index (χ1) is 9.42. The Hall–Kier alpha value is -1.58. The summed E-state index contributed by atoms with van der Waals surface area (Å²) in [7, 11) is 0. The third-order valence-electron chi connectivity index (χ3n) is 3.41. The number of benzene rings is 1. The Morgan fingerprint density at radius 2 is 1.90 bits per heavy atom. The van der Waals surface area contributed by atoms with Gasteiger partial charge in [-0.15, -0.1) is 0 Å². The van der Waals surface area contributed by atoms with E-state index in [0.29, 0.717) is 6.54 Å². The molecule has 1 aromatic rings. The molecule has 20 heavy (non-hydrogen) atoms. The van der Waals surface area contributed by atoms with E-state index in [-0.39, 0.29) is 23.3 Å². The molecule has 0 saturated heterocycles. The van der Waals surface area contributed by atoms with Crippen molar-refractivity contribution in [2.24, 2.45) is 5.92 Å². The van der Waals surface area contributed by atoms with Gasteiger partial charge in [0.1, 0.15) is 17.1 Å². The fourth-order valence-corrected chi connectivity index (χ4v) is 2.39. The van der Waals surface area contributed by atoms with E-state index in [1.807, 2.05) is 27.7 Å². The molecule has 0 bridgehead atoms. The monoisotopic (exact) mass is 281 g/mol. The van der Waals surface area contributed by atoms with Gasteiger partial charge < -0.3 is 10.0 Å². The number of amides is 1. The van der Waals surface area contributed by atoms with Gasteiger partial charge in [0.2, 0.25) is 0 Å². The molecule has 0 aliphatic rings. The predicted octanol–water partition coefficient (Wildman–Crippen LogP) is 3.82. The molecule has 0 unspecified atom stereocenters. The van der Waals surface area contributed by atoms with Crippen LogP contribution in [0.4, 0.5) is 4.39 Å². The van der Waals surface area contributed by atoms with Crippen LogP contribution >= 0.6 is 0 Å². The first-order valence-corrected chi connectivity index (χ1v) is 7.20. The van der Waals surface area contributed by atoms with Crippen molar-refractivity contribution in [1.82, 2.24) is 4.90 Å². The summed E-state index contributed by atoms with van der Waals surface area (Å²) in [5.41, 5.74) is -0.222. The summed E-state index contributed by atoms with van der Waals surface area (Å²) in [4.78, 5) is 14.3. The normalized spacial score (nSPS) is 11.2. The standard InChI is InChI=1S/C16H24FNO2/c1-5-12(6-2)18(10-11(3)4)16(20)15-13(17)8-7-9-14(15)19/h7-9,11-12,19H,5-6,10H2,1-4H3. The molecule has 4 heteroatoms. The van der Waals surface area contributed by atoms with Gasteiger partial charge in [-0.3, -0.25) is 4.79 Å². The molecule has 0 spiro atoms. The van der Waals surface area contributed by atoms with Crippen LogP contribution < -0.4 is 0 Å². The molecule has 0 heterocycles. The third kappa shape index (κ3) is 3.71. The van der Waals surface area contributed by atoms with Gasteiger partial charge in [0, 0.05) is 12.6 Å². The maximum atomic E-state index is 13.9. The van der Waals surface area contributed by atoms with Gasteiger partial charge in [0.05, 0.1) is 0 Å². The van der Waals surface area contributed by atoms with Gasteiger partial charge in [-0.25, -0.2) is 4.39 Å². The molecule has 0 aliphatic heterocycles. The number of hydrogen-bond donors (Lipinski definition) is 1. The zero-order valence-electron chi connectivity index (χ0n) is 12.7. The second-order valence-corrected chi connectivity index (χ2v) is 5.46. The Labute approximate surface area is 120 Å². The van der Waals surface area contributed by atoms with Crippen molar-refractivity contribution in [2.45, 2.75) is 46.6 Å². The third-order valence-corrected chi connectivity index (χ3v) is 3.41.